The molecule has 0 aliphatic heterocycles. The summed E-state index contributed by atoms with van der Waals surface area (Å²) in [5.74, 6) is -0.752. The number of nitrogens with one attached hydrogen (secondary N) is 1. The van der Waals surface area contributed by atoms with Crippen molar-refractivity contribution in [1.82, 2.24) is 19.0 Å². The third-order valence-corrected chi connectivity index (χ3v) is 4.75. The zero-order chi connectivity index (χ0) is 21.1. The normalized spacial score (nSPS) is 11.0. The lowest BCUT2D eigenvalue weighted by Crippen LogP contribution is -2.37. The van der Waals surface area contributed by atoms with Crippen LogP contribution in [0.3, 0.4) is 0 Å². The molecular formula is C20H22N4O5. The van der Waals surface area contributed by atoms with Gasteiger partial charge in [0, 0.05) is 33.3 Å². The van der Waals surface area contributed by atoms with Gasteiger partial charge in [-0.1, -0.05) is 30.3 Å². The molecule has 0 atom stereocenters. The summed E-state index contributed by atoms with van der Waals surface area (Å²) >= 11 is 0. The predicted molar refractivity (Wildman–Crippen MR) is 107 cm³/mol. The third kappa shape index (κ3) is 3.77. The molecule has 0 aliphatic rings. The van der Waals surface area contributed by atoms with Gasteiger partial charge in [-0.3, -0.25) is 23.5 Å². The van der Waals surface area contributed by atoms with Crippen LogP contribution in [0.2, 0.25) is 0 Å². The number of fused-ring (bicyclic) bond motifs is 1. The summed E-state index contributed by atoms with van der Waals surface area (Å²) in [6, 6.07) is 10.1. The van der Waals surface area contributed by atoms with Crippen LogP contribution in [0, 0.1) is 0 Å². The standard InChI is InChI=1S/C20H22N4O5/c1-22-18-14(19(27)23(2)20(22)28)11-15(24(18)9-10-29-3)17(26)21-12-16(25)13-7-5-4-6-8-13/h4-8,11H,9-10,12H2,1-3H3,(H,21,26). The van der Waals surface area contributed by atoms with Crippen molar-refractivity contribution in [3.8, 4) is 0 Å². The highest BCUT2D eigenvalue weighted by Gasteiger charge is 2.21. The van der Waals surface area contributed by atoms with Gasteiger partial charge in [0.15, 0.2) is 5.78 Å². The number of aryl methyl sites for hydroxylation is 1. The second kappa shape index (κ2) is 8.27. The number of nitrogens with zero attached hydrogens (tertiary/aromatic N) is 3. The fourth-order valence-corrected chi connectivity index (χ4v) is 3.22. The van der Waals surface area contributed by atoms with Crippen LogP contribution < -0.4 is 16.6 Å². The van der Waals surface area contributed by atoms with E-state index in [4.69, 9.17) is 4.74 Å². The molecule has 0 bridgehead atoms. The van der Waals surface area contributed by atoms with Gasteiger partial charge in [0.05, 0.1) is 18.5 Å². The molecule has 3 rings (SSSR count). The van der Waals surface area contributed by atoms with Crippen LogP contribution in [0.25, 0.3) is 11.0 Å². The third-order valence-electron chi connectivity index (χ3n) is 4.75. The van der Waals surface area contributed by atoms with Gasteiger partial charge in [0.1, 0.15) is 11.3 Å². The van der Waals surface area contributed by atoms with E-state index in [-0.39, 0.29) is 36.6 Å². The maximum Gasteiger partial charge on any atom is 0.332 e. The van der Waals surface area contributed by atoms with Crippen LogP contribution in [0.5, 0.6) is 0 Å². The largest absolute Gasteiger partial charge is 0.383 e. The van der Waals surface area contributed by atoms with Crippen LogP contribution >= 0.6 is 0 Å². The molecule has 0 aliphatic carbocycles. The molecule has 1 aromatic carbocycles. The Kier molecular flexibility index (Phi) is 5.79. The van der Waals surface area contributed by atoms with Crippen molar-refractivity contribution in [3.63, 3.8) is 0 Å². The van der Waals surface area contributed by atoms with E-state index in [0.717, 1.165) is 4.57 Å². The predicted octanol–water partition coefficient (Wildman–Crippen LogP) is 0.298. The number of rotatable bonds is 7. The number of methoxy groups -OCH3 is 1. The summed E-state index contributed by atoms with van der Waals surface area (Å²) in [5, 5.41) is 2.84. The minimum absolute atomic E-state index is 0.177. The summed E-state index contributed by atoms with van der Waals surface area (Å²) in [5.41, 5.74) is 0.00838. The summed E-state index contributed by atoms with van der Waals surface area (Å²) < 4.78 is 8.97. The van der Waals surface area contributed by atoms with Crippen molar-refractivity contribution in [2.75, 3.05) is 20.3 Å². The Labute approximate surface area is 166 Å². The Morgan fingerprint density at radius 2 is 1.76 bits per heavy atom. The van der Waals surface area contributed by atoms with Crippen LogP contribution in [0.1, 0.15) is 20.8 Å². The Morgan fingerprint density at radius 1 is 1.07 bits per heavy atom. The first-order valence-electron chi connectivity index (χ1n) is 9.01. The number of ketones is 1. The molecule has 1 amide bonds. The van der Waals surface area contributed by atoms with Crippen molar-refractivity contribution in [2.45, 2.75) is 6.54 Å². The molecule has 0 spiro atoms. The molecule has 9 nitrogen and oxygen atoms in total. The molecule has 1 N–H and O–H groups in total. The van der Waals surface area contributed by atoms with E-state index in [1.807, 2.05) is 0 Å². The Hall–Kier alpha value is -3.46. The fourth-order valence-electron chi connectivity index (χ4n) is 3.22. The number of hydrogen-bond acceptors (Lipinski definition) is 5. The number of benzene rings is 1. The minimum Gasteiger partial charge on any atom is -0.383 e. The molecular weight excluding hydrogens is 376 g/mol. The van der Waals surface area contributed by atoms with E-state index in [1.54, 1.807) is 34.9 Å². The molecule has 0 saturated carbocycles. The smallest absolute Gasteiger partial charge is 0.332 e. The molecule has 0 radical (unpaired) electrons. The monoisotopic (exact) mass is 398 g/mol. The van der Waals surface area contributed by atoms with E-state index in [2.05, 4.69) is 5.32 Å². The van der Waals surface area contributed by atoms with Gasteiger partial charge in [-0.15, -0.1) is 0 Å². The van der Waals surface area contributed by atoms with Gasteiger partial charge < -0.3 is 14.6 Å². The highest BCUT2D eigenvalue weighted by molar-refractivity contribution is 6.03. The Bertz CT molecular complexity index is 1190. The minimum atomic E-state index is -0.518. The summed E-state index contributed by atoms with van der Waals surface area (Å²) in [7, 11) is 4.44. The first kappa shape index (κ1) is 20.3. The molecule has 152 valence electrons. The van der Waals surface area contributed by atoms with Crippen molar-refractivity contribution in [3.05, 3.63) is 68.5 Å². The van der Waals surface area contributed by atoms with Crippen molar-refractivity contribution < 1.29 is 14.3 Å². The number of Topliss-reactive ketones (excluding diaryl/α,β-unsaturated/α-hetero) is 1. The molecule has 0 fully saturated rings. The summed E-state index contributed by atoms with van der Waals surface area (Å²) in [4.78, 5) is 49.9. The molecule has 0 unspecified atom stereocenters. The van der Waals surface area contributed by atoms with Crippen molar-refractivity contribution in [2.24, 2.45) is 14.1 Å². The maximum absolute atomic E-state index is 12.8. The molecule has 2 aromatic heterocycles. The van der Waals surface area contributed by atoms with Gasteiger partial charge >= 0.3 is 5.69 Å². The lowest BCUT2D eigenvalue weighted by molar-refractivity contribution is 0.0896. The van der Waals surface area contributed by atoms with Crippen LogP contribution in [0.15, 0.2) is 46.0 Å². The van der Waals surface area contributed by atoms with E-state index in [0.29, 0.717) is 11.2 Å². The van der Waals surface area contributed by atoms with E-state index in [1.165, 1.54) is 31.8 Å². The second-order valence-electron chi connectivity index (χ2n) is 6.59. The quantitative estimate of drug-likeness (QED) is 0.577. The summed E-state index contributed by atoms with van der Waals surface area (Å²) in [6.07, 6.45) is 0. The lowest BCUT2D eigenvalue weighted by atomic mass is 10.1. The number of carbonyl (C=O) groups is 2. The molecule has 3 aromatic rings. The molecule has 0 saturated heterocycles. The summed E-state index contributed by atoms with van der Waals surface area (Å²) in [6.45, 7) is 0.345. The molecule has 2 heterocycles. The van der Waals surface area contributed by atoms with Crippen LogP contribution in [-0.4, -0.2) is 45.7 Å². The van der Waals surface area contributed by atoms with E-state index < -0.39 is 17.2 Å². The van der Waals surface area contributed by atoms with E-state index >= 15 is 0 Å². The lowest BCUT2D eigenvalue weighted by Gasteiger charge is -2.12. The van der Waals surface area contributed by atoms with Crippen LogP contribution in [-0.2, 0) is 25.4 Å². The fraction of sp³-hybridized carbons (Fsp3) is 0.300. The van der Waals surface area contributed by atoms with Crippen LogP contribution in [0.4, 0.5) is 0 Å². The number of ether oxygens (including phenoxy) is 1. The second-order valence-corrected chi connectivity index (χ2v) is 6.59. The Balaban J connectivity index is 1.99. The van der Waals surface area contributed by atoms with Gasteiger partial charge in [-0.2, -0.15) is 0 Å². The zero-order valence-corrected chi connectivity index (χ0v) is 16.5. The van der Waals surface area contributed by atoms with Gasteiger partial charge in [0.2, 0.25) is 0 Å². The first-order valence-corrected chi connectivity index (χ1v) is 9.01. The van der Waals surface area contributed by atoms with Gasteiger partial charge in [-0.05, 0) is 6.07 Å². The number of hydrogen-bond donors (Lipinski definition) is 1. The average molecular weight is 398 g/mol. The van der Waals surface area contributed by atoms with Crippen molar-refractivity contribution in [1.29, 1.82) is 0 Å². The topological polar surface area (TPSA) is 104 Å². The van der Waals surface area contributed by atoms with Crippen molar-refractivity contribution >= 4 is 22.7 Å². The molecule has 29 heavy (non-hydrogen) atoms. The van der Waals surface area contributed by atoms with Gasteiger partial charge in [-0.25, -0.2) is 4.79 Å². The first-order chi connectivity index (χ1) is 13.9. The number of carbonyl (C=O) groups excluding carboxylic acids is 2. The molecule has 9 heteroatoms. The zero-order valence-electron chi connectivity index (χ0n) is 16.5. The van der Waals surface area contributed by atoms with Gasteiger partial charge in [0.25, 0.3) is 11.5 Å². The highest BCUT2D eigenvalue weighted by Crippen LogP contribution is 2.16. The SMILES string of the molecule is COCCn1c(C(=O)NCC(=O)c2ccccc2)cc2c(=O)n(C)c(=O)n(C)c21. The number of aromatic nitrogens is 3. The Morgan fingerprint density at radius 3 is 2.41 bits per heavy atom. The number of amides is 1. The average Bonchev–Trinajstić information content (AvgIpc) is 3.13. The van der Waals surface area contributed by atoms with E-state index in [9.17, 15) is 19.2 Å². The highest BCUT2D eigenvalue weighted by atomic mass is 16.5. The maximum atomic E-state index is 12.8.